The second-order valence-corrected chi connectivity index (χ2v) is 4.43. The van der Waals surface area contributed by atoms with Gasteiger partial charge in [-0.1, -0.05) is 60.3 Å². The Balaban J connectivity index is 3.55. The van der Waals surface area contributed by atoms with E-state index in [1.54, 1.807) is 0 Å². The van der Waals surface area contributed by atoms with Crippen molar-refractivity contribution in [3.8, 4) is 0 Å². The molecule has 0 fully saturated rings. The predicted molar refractivity (Wildman–Crippen MR) is 65.2 cm³/mol. The highest BCUT2D eigenvalue weighted by Gasteiger charge is 2.17. The number of rotatable bonds is 2. The van der Waals surface area contributed by atoms with Gasteiger partial charge in [-0.05, 0) is 24.0 Å². The molecule has 1 rings (SSSR count). The van der Waals surface area contributed by atoms with Gasteiger partial charge in [0.25, 0.3) is 0 Å². The van der Waals surface area contributed by atoms with E-state index in [4.69, 9.17) is 46.4 Å². The lowest BCUT2D eigenvalue weighted by atomic mass is 10.1. The van der Waals surface area contributed by atoms with Gasteiger partial charge in [0.2, 0.25) is 0 Å². The normalized spacial score (nSPS) is 10.7. The summed E-state index contributed by atoms with van der Waals surface area (Å²) in [5, 5.41) is 2.11. The minimum absolute atomic E-state index is 0.528. The van der Waals surface area contributed by atoms with Crippen molar-refractivity contribution in [2.24, 2.45) is 0 Å². The Morgan fingerprint density at radius 1 is 0.643 bits per heavy atom. The van der Waals surface area contributed by atoms with E-state index in [1.807, 2.05) is 13.8 Å². The molecule has 14 heavy (non-hydrogen) atoms. The third-order valence-corrected chi connectivity index (χ3v) is 4.01. The average molecular weight is 272 g/mol. The number of hydrogen-bond acceptors (Lipinski definition) is 0. The van der Waals surface area contributed by atoms with Crippen LogP contribution in [0.1, 0.15) is 25.0 Å². The first kappa shape index (κ1) is 12.4. The van der Waals surface area contributed by atoms with E-state index >= 15 is 0 Å². The van der Waals surface area contributed by atoms with Gasteiger partial charge in [0.15, 0.2) is 0 Å². The lowest BCUT2D eigenvalue weighted by Crippen LogP contribution is -1.93. The standard InChI is InChI=1S/C10H10Cl4/c1-3-5-7(11)9(13)6(4-2)10(14)8(5)12/h3-4H2,1-2H3. The van der Waals surface area contributed by atoms with E-state index in [0.29, 0.717) is 20.1 Å². The molecule has 0 aliphatic heterocycles. The predicted octanol–water partition coefficient (Wildman–Crippen LogP) is 5.43. The summed E-state index contributed by atoms with van der Waals surface area (Å²) in [5.41, 5.74) is 1.64. The minimum atomic E-state index is 0.528. The van der Waals surface area contributed by atoms with Crippen LogP contribution in [-0.2, 0) is 12.8 Å². The third kappa shape index (κ3) is 1.99. The highest BCUT2D eigenvalue weighted by Crippen LogP contribution is 2.41. The summed E-state index contributed by atoms with van der Waals surface area (Å²) < 4.78 is 0. The van der Waals surface area contributed by atoms with Crippen molar-refractivity contribution in [3.63, 3.8) is 0 Å². The summed E-state index contributed by atoms with van der Waals surface area (Å²) in [5.74, 6) is 0. The Labute approximate surface area is 104 Å². The Bertz CT molecular complexity index is 294. The van der Waals surface area contributed by atoms with Crippen molar-refractivity contribution in [1.82, 2.24) is 0 Å². The van der Waals surface area contributed by atoms with E-state index < -0.39 is 0 Å². The molecule has 0 unspecified atom stereocenters. The smallest absolute Gasteiger partial charge is 0.0642 e. The molecular formula is C10H10Cl4. The third-order valence-electron chi connectivity index (χ3n) is 2.15. The Hall–Kier alpha value is 0.380. The van der Waals surface area contributed by atoms with Crippen LogP contribution in [0, 0.1) is 0 Å². The first-order valence-electron chi connectivity index (χ1n) is 4.38. The molecule has 0 aliphatic carbocycles. The topological polar surface area (TPSA) is 0 Å². The van der Waals surface area contributed by atoms with Crippen LogP contribution in [0.25, 0.3) is 0 Å². The monoisotopic (exact) mass is 270 g/mol. The van der Waals surface area contributed by atoms with Crippen molar-refractivity contribution in [3.05, 3.63) is 31.2 Å². The van der Waals surface area contributed by atoms with E-state index in [1.165, 1.54) is 0 Å². The first-order chi connectivity index (χ1) is 6.54. The molecule has 78 valence electrons. The van der Waals surface area contributed by atoms with Crippen LogP contribution in [0.15, 0.2) is 0 Å². The van der Waals surface area contributed by atoms with Crippen molar-refractivity contribution < 1.29 is 0 Å². The summed E-state index contributed by atoms with van der Waals surface area (Å²) in [4.78, 5) is 0. The fraction of sp³-hybridized carbons (Fsp3) is 0.400. The molecular weight excluding hydrogens is 262 g/mol. The van der Waals surface area contributed by atoms with Crippen LogP contribution in [0.3, 0.4) is 0 Å². The largest absolute Gasteiger partial charge is 0.0823 e. The highest BCUT2D eigenvalue weighted by atomic mass is 35.5. The molecule has 0 atom stereocenters. The molecule has 0 aliphatic rings. The number of hydrogen-bond donors (Lipinski definition) is 0. The molecule has 1 aromatic carbocycles. The molecule has 0 aromatic heterocycles. The fourth-order valence-corrected chi connectivity index (χ4v) is 2.81. The van der Waals surface area contributed by atoms with Gasteiger partial charge in [-0.25, -0.2) is 0 Å². The van der Waals surface area contributed by atoms with Crippen LogP contribution in [0.5, 0.6) is 0 Å². The summed E-state index contributed by atoms with van der Waals surface area (Å²) >= 11 is 24.3. The van der Waals surface area contributed by atoms with Crippen LogP contribution >= 0.6 is 46.4 Å². The summed E-state index contributed by atoms with van der Waals surface area (Å²) in [6.45, 7) is 3.93. The lowest BCUT2D eigenvalue weighted by Gasteiger charge is -2.13. The Morgan fingerprint density at radius 3 is 1.00 bits per heavy atom. The zero-order valence-corrected chi connectivity index (χ0v) is 10.9. The van der Waals surface area contributed by atoms with Crippen LogP contribution in [0.2, 0.25) is 20.1 Å². The zero-order chi connectivity index (χ0) is 10.9. The number of halogens is 4. The molecule has 0 saturated carbocycles. The molecule has 1 aromatic rings. The molecule has 0 bridgehead atoms. The van der Waals surface area contributed by atoms with Crippen molar-refractivity contribution >= 4 is 46.4 Å². The highest BCUT2D eigenvalue weighted by molar-refractivity contribution is 6.48. The second-order valence-electron chi connectivity index (χ2n) is 2.92. The van der Waals surface area contributed by atoms with E-state index in [2.05, 4.69) is 0 Å². The first-order valence-corrected chi connectivity index (χ1v) is 5.89. The van der Waals surface area contributed by atoms with E-state index in [0.717, 1.165) is 24.0 Å². The second kappa shape index (κ2) is 4.94. The van der Waals surface area contributed by atoms with E-state index in [-0.39, 0.29) is 0 Å². The Kier molecular flexibility index (Phi) is 4.39. The Morgan fingerprint density at radius 2 is 0.857 bits per heavy atom. The molecule has 0 saturated heterocycles. The maximum atomic E-state index is 6.08. The van der Waals surface area contributed by atoms with Gasteiger partial charge in [-0.2, -0.15) is 0 Å². The molecule has 0 heterocycles. The van der Waals surface area contributed by atoms with Crippen molar-refractivity contribution in [2.45, 2.75) is 26.7 Å². The maximum Gasteiger partial charge on any atom is 0.0642 e. The van der Waals surface area contributed by atoms with Crippen molar-refractivity contribution in [1.29, 1.82) is 0 Å². The number of benzene rings is 1. The molecule has 0 N–H and O–H groups in total. The van der Waals surface area contributed by atoms with Gasteiger partial charge in [0.1, 0.15) is 0 Å². The summed E-state index contributed by atoms with van der Waals surface area (Å²) in [7, 11) is 0. The molecule has 0 spiro atoms. The summed E-state index contributed by atoms with van der Waals surface area (Å²) in [6.07, 6.45) is 1.45. The SMILES string of the molecule is CCc1c(Cl)c(Cl)c(CC)c(Cl)c1Cl. The van der Waals surface area contributed by atoms with Gasteiger partial charge in [0.05, 0.1) is 20.1 Å². The minimum Gasteiger partial charge on any atom is -0.0823 e. The van der Waals surface area contributed by atoms with E-state index in [9.17, 15) is 0 Å². The van der Waals surface area contributed by atoms with Gasteiger partial charge in [-0.15, -0.1) is 0 Å². The van der Waals surface area contributed by atoms with Gasteiger partial charge >= 0.3 is 0 Å². The summed E-state index contributed by atoms with van der Waals surface area (Å²) in [6, 6.07) is 0. The van der Waals surface area contributed by atoms with Gasteiger partial charge in [-0.3, -0.25) is 0 Å². The van der Waals surface area contributed by atoms with Gasteiger partial charge in [0, 0.05) is 0 Å². The molecule has 0 nitrogen and oxygen atoms in total. The van der Waals surface area contributed by atoms with Crippen LogP contribution < -0.4 is 0 Å². The average Bonchev–Trinajstić information content (AvgIpc) is 2.17. The zero-order valence-electron chi connectivity index (χ0n) is 7.93. The maximum absolute atomic E-state index is 6.08. The van der Waals surface area contributed by atoms with Crippen LogP contribution in [-0.4, -0.2) is 0 Å². The molecule has 4 heteroatoms. The lowest BCUT2D eigenvalue weighted by molar-refractivity contribution is 1.10. The van der Waals surface area contributed by atoms with Gasteiger partial charge < -0.3 is 0 Å². The van der Waals surface area contributed by atoms with Crippen LogP contribution in [0.4, 0.5) is 0 Å². The van der Waals surface area contributed by atoms with Crippen molar-refractivity contribution in [2.75, 3.05) is 0 Å². The quantitative estimate of drug-likeness (QED) is 0.630. The molecule has 0 amide bonds. The fourth-order valence-electron chi connectivity index (χ4n) is 1.34. The molecule has 0 radical (unpaired) electrons.